The SMILES string of the molecule is NC(CSc1ccccc1Cl)c1ccc(Cl)cc1. The van der Waals surface area contributed by atoms with Crippen molar-refractivity contribution >= 4 is 35.0 Å². The fourth-order valence-corrected chi connectivity index (χ4v) is 2.91. The molecule has 0 radical (unpaired) electrons. The van der Waals surface area contributed by atoms with Crippen LogP contribution in [0, 0.1) is 0 Å². The quantitative estimate of drug-likeness (QED) is 0.822. The molecule has 0 heterocycles. The summed E-state index contributed by atoms with van der Waals surface area (Å²) in [5.74, 6) is 0.783. The molecule has 18 heavy (non-hydrogen) atoms. The molecule has 1 nitrogen and oxygen atoms in total. The highest BCUT2D eigenvalue weighted by atomic mass is 35.5. The van der Waals surface area contributed by atoms with Crippen molar-refractivity contribution in [1.29, 1.82) is 0 Å². The lowest BCUT2D eigenvalue weighted by Gasteiger charge is -2.12. The van der Waals surface area contributed by atoms with E-state index in [4.69, 9.17) is 28.9 Å². The van der Waals surface area contributed by atoms with E-state index in [0.29, 0.717) is 0 Å². The fourth-order valence-electron chi connectivity index (χ4n) is 1.55. The van der Waals surface area contributed by atoms with E-state index in [-0.39, 0.29) is 6.04 Å². The zero-order valence-corrected chi connectivity index (χ0v) is 12.0. The van der Waals surface area contributed by atoms with Gasteiger partial charge in [0.2, 0.25) is 0 Å². The molecule has 2 rings (SSSR count). The van der Waals surface area contributed by atoms with Crippen molar-refractivity contribution in [3.63, 3.8) is 0 Å². The van der Waals surface area contributed by atoms with Crippen LogP contribution >= 0.6 is 35.0 Å². The molecular formula is C14H13Cl2NS. The summed E-state index contributed by atoms with van der Waals surface area (Å²) in [5.41, 5.74) is 7.22. The summed E-state index contributed by atoms with van der Waals surface area (Å²) in [6.45, 7) is 0. The maximum atomic E-state index is 6.14. The highest BCUT2D eigenvalue weighted by Crippen LogP contribution is 2.29. The second-order valence-electron chi connectivity index (χ2n) is 3.90. The Morgan fingerprint density at radius 2 is 1.67 bits per heavy atom. The highest BCUT2D eigenvalue weighted by molar-refractivity contribution is 7.99. The molecular weight excluding hydrogens is 285 g/mol. The molecule has 0 aliphatic heterocycles. The second kappa shape index (κ2) is 6.48. The van der Waals surface area contributed by atoms with Crippen LogP contribution in [0.25, 0.3) is 0 Å². The van der Waals surface area contributed by atoms with Gasteiger partial charge in [0.15, 0.2) is 0 Å². The molecule has 4 heteroatoms. The van der Waals surface area contributed by atoms with Crippen LogP contribution in [0.2, 0.25) is 10.0 Å². The summed E-state index contributed by atoms with van der Waals surface area (Å²) in [6, 6.07) is 15.4. The Morgan fingerprint density at radius 1 is 1.00 bits per heavy atom. The zero-order valence-electron chi connectivity index (χ0n) is 9.64. The van der Waals surface area contributed by atoms with Crippen LogP contribution in [0.4, 0.5) is 0 Å². The lowest BCUT2D eigenvalue weighted by atomic mass is 10.1. The van der Waals surface area contributed by atoms with Gasteiger partial charge in [0.1, 0.15) is 0 Å². The van der Waals surface area contributed by atoms with E-state index in [1.165, 1.54) is 0 Å². The molecule has 1 unspecified atom stereocenters. The van der Waals surface area contributed by atoms with Gasteiger partial charge >= 0.3 is 0 Å². The van der Waals surface area contributed by atoms with Crippen molar-refractivity contribution in [1.82, 2.24) is 0 Å². The maximum Gasteiger partial charge on any atom is 0.0541 e. The first kappa shape index (κ1) is 13.8. The third-order valence-corrected chi connectivity index (χ3v) is 4.44. The normalized spacial score (nSPS) is 12.4. The molecule has 0 bridgehead atoms. The first-order valence-corrected chi connectivity index (χ1v) is 7.29. The van der Waals surface area contributed by atoms with E-state index in [1.807, 2.05) is 48.5 Å². The van der Waals surface area contributed by atoms with Crippen molar-refractivity contribution in [2.24, 2.45) is 5.73 Å². The number of hydrogen-bond donors (Lipinski definition) is 1. The number of nitrogens with two attached hydrogens (primary N) is 1. The van der Waals surface area contributed by atoms with Crippen LogP contribution < -0.4 is 5.73 Å². The topological polar surface area (TPSA) is 26.0 Å². The third-order valence-electron chi connectivity index (χ3n) is 2.55. The summed E-state index contributed by atoms with van der Waals surface area (Å²) in [5, 5.41) is 1.50. The minimum atomic E-state index is -0.0245. The molecule has 2 aromatic rings. The molecule has 1 atom stereocenters. The molecule has 0 saturated heterocycles. The predicted molar refractivity (Wildman–Crippen MR) is 80.6 cm³/mol. The largest absolute Gasteiger partial charge is 0.323 e. The van der Waals surface area contributed by atoms with Crippen molar-refractivity contribution in [2.75, 3.05) is 5.75 Å². The zero-order chi connectivity index (χ0) is 13.0. The standard InChI is InChI=1S/C14H13Cl2NS/c15-11-7-5-10(6-8-11)13(17)9-18-14-4-2-1-3-12(14)16/h1-8,13H,9,17H2. The van der Waals surface area contributed by atoms with Gasteiger partial charge in [0.25, 0.3) is 0 Å². The van der Waals surface area contributed by atoms with Gasteiger partial charge in [-0.05, 0) is 29.8 Å². The molecule has 0 aliphatic carbocycles. The molecule has 94 valence electrons. The van der Waals surface area contributed by atoms with Crippen molar-refractivity contribution in [3.8, 4) is 0 Å². The minimum Gasteiger partial charge on any atom is -0.323 e. The van der Waals surface area contributed by atoms with Crippen LogP contribution in [0.1, 0.15) is 11.6 Å². The number of benzene rings is 2. The summed E-state index contributed by atoms with van der Waals surface area (Å²) in [6.07, 6.45) is 0. The minimum absolute atomic E-state index is 0.0245. The Kier molecular flexibility index (Phi) is 4.95. The molecule has 0 amide bonds. The van der Waals surface area contributed by atoms with E-state index in [2.05, 4.69) is 0 Å². The van der Waals surface area contributed by atoms with E-state index in [1.54, 1.807) is 11.8 Å². The Hall–Kier alpha value is -0.670. The van der Waals surface area contributed by atoms with Gasteiger partial charge in [0, 0.05) is 21.7 Å². The Balaban J connectivity index is 1.98. The average Bonchev–Trinajstić information content (AvgIpc) is 2.38. The van der Waals surface area contributed by atoms with E-state index >= 15 is 0 Å². The predicted octanol–water partition coefficient (Wildman–Crippen LogP) is 4.79. The van der Waals surface area contributed by atoms with Crippen LogP contribution in [0.15, 0.2) is 53.4 Å². The maximum absolute atomic E-state index is 6.14. The Labute approximate surface area is 121 Å². The van der Waals surface area contributed by atoms with Crippen LogP contribution in [0.3, 0.4) is 0 Å². The molecule has 2 N–H and O–H groups in total. The van der Waals surface area contributed by atoms with Crippen molar-refractivity contribution < 1.29 is 0 Å². The molecule has 0 aromatic heterocycles. The Morgan fingerprint density at radius 3 is 2.33 bits per heavy atom. The molecule has 0 spiro atoms. The molecule has 0 fully saturated rings. The molecule has 0 saturated carbocycles. The fraction of sp³-hybridized carbons (Fsp3) is 0.143. The van der Waals surface area contributed by atoms with Crippen molar-refractivity contribution in [2.45, 2.75) is 10.9 Å². The van der Waals surface area contributed by atoms with E-state index in [0.717, 1.165) is 26.3 Å². The van der Waals surface area contributed by atoms with Gasteiger partial charge in [0.05, 0.1) is 5.02 Å². The first-order valence-electron chi connectivity index (χ1n) is 5.55. The Bertz CT molecular complexity index is 513. The lowest BCUT2D eigenvalue weighted by Crippen LogP contribution is -2.12. The van der Waals surface area contributed by atoms with Gasteiger partial charge < -0.3 is 5.73 Å². The summed E-state index contributed by atoms with van der Waals surface area (Å²) in [7, 11) is 0. The second-order valence-corrected chi connectivity index (χ2v) is 5.80. The number of hydrogen-bond acceptors (Lipinski definition) is 2. The van der Waals surface area contributed by atoms with Gasteiger partial charge in [-0.2, -0.15) is 0 Å². The van der Waals surface area contributed by atoms with Crippen molar-refractivity contribution in [3.05, 3.63) is 64.1 Å². The van der Waals surface area contributed by atoms with E-state index < -0.39 is 0 Å². The smallest absolute Gasteiger partial charge is 0.0541 e. The first-order chi connectivity index (χ1) is 8.66. The lowest BCUT2D eigenvalue weighted by molar-refractivity contribution is 0.831. The number of thioether (sulfide) groups is 1. The third kappa shape index (κ3) is 3.66. The number of rotatable bonds is 4. The number of halogens is 2. The van der Waals surface area contributed by atoms with Gasteiger partial charge in [-0.1, -0.05) is 47.5 Å². The van der Waals surface area contributed by atoms with Crippen LogP contribution in [0.5, 0.6) is 0 Å². The van der Waals surface area contributed by atoms with Crippen LogP contribution in [-0.4, -0.2) is 5.75 Å². The highest BCUT2D eigenvalue weighted by Gasteiger charge is 2.08. The summed E-state index contributed by atoms with van der Waals surface area (Å²) in [4.78, 5) is 1.06. The molecule has 0 aliphatic rings. The summed E-state index contributed by atoms with van der Waals surface area (Å²) >= 11 is 13.6. The van der Waals surface area contributed by atoms with Gasteiger partial charge in [-0.25, -0.2) is 0 Å². The van der Waals surface area contributed by atoms with E-state index in [9.17, 15) is 0 Å². The van der Waals surface area contributed by atoms with Gasteiger partial charge in [-0.15, -0.1) is 11.8 Å². The van der Waals surface area contributed by atoms with Gasteiger partial charge in [-0.3, -0.25) is 0 Å². The van der Waals surface area contributed by atoms with Crippen LogP contribution in [-0.2, 0) is 0 Å². The molecule has 2 aromatic carbocycles. The monoisotopic (exact) mass is 297 g/mol. The average molecular weight is 298 g/mol. The summed E-state index contributed by atoms with van der Waals surface area (Å²) < 4.78 is 0.